The van der Waals surface area contributed by atoms with E-state index in [-0.39, 0.29) is 71.2 Å². The standard InChI is InChI=1S/C25H27FN4O3.C18H21N3O.C7H10N2O3.ClH/c1-14-11-16(17-9-10-27-21(12-17)28-23(32)18-13-19(18)26)6-5-15(14)7-8-20(31)22-29-24(33-30-22)25(2,3)4;1-11-7-13(3-4-15(11)10-19)14-5-6-20-17(9-14)21-18(22)16-8-12(16)2;1-7(2,3)6-8-4(5(10)11)9-12-6;/h5-6,9-12,18-19H,7-8,13H2,1-4H3,(H,27,28,32);3-7,9,12,16H,8,10,19H2,1-2H3,(H,20,21,22);1-3H3,(H,10,11);1H/t18-,19+;12-,16+;;/m10../s1. The van der Waals surface area contributed by atoms with Gasteiger partial charge in [-0.3, -0.25) is 14.4 Å². The van der Waals surface area contributed by atoms with Crippen molar-refractivity contribution in [3.63, 3.8) is 0 Å². The van der Waals surface area contributed by atoms with Gasteiger partial charge in [0.25, 0.3) is 5.82 Å². The molecular weight excluding hydrogens is 893 g/mol. The lowest BCUT2D eigenvalue weighted by atomic mass is 9.96. The SMILES string of the molecule is CC(C)(C)c1nc(C(=O)O)no1.Cc1cc(-c2ccnc(NC(=O)[C@@H]3C[C@@H]3C)c2)ccc1CN.Cc1cc(-c2ccnc(NC(=O)[C@@H]3C[C@@H]3F)c2)ccc1CCC(=O)c1noc(C(C)(C)C)n1.Cl. The highest BCUT2D eigenvalue weighted by Crippen LogP contribution is 2.39. The van der Waals surface area contributed by atoms with Crippen LogP contribution in [0.2, 0.25) is 0 Å². The number of carbonyl (C=O) groups is 4. The number of hydrogen-bond acceptors (Lipinski definition) is 13. The summed E-state index contributed by atoms with van der Waals surface area (Å²) in [6, 6.07) is 19.7. The lowest BCUT2D eigenvalue weighted by Crippen LogP contribution is -2.15. The van der Waals surface area contributed by atoms with Crippen LogP contribution in [0.1, 0.15) is 123 Å². The van der Waals surface area contributed by atoms with Crippen molar-refractivity contribution >= 4 is 47.6 Å². The van der Waals surface area contributed by atoms with Gasteiger partial charge in [-0.1, -0.05) is 90.0 Å². The lowest BCUT2D eigenvalue weighted by molar-refractivity contribution is -0.118. The molecule has 4 heterocycles. The van der Waals surface area contributed by atoms with Crippen molar-refractivity contribution in [2.75, 3.05) is 10.6 Å². The first kappa shape index (κ1) is 52.3. The van der Waals surface area contributed by atoms with Crippen LogP contribution in [0.5, 0.6) is 0 Å². The molecule has 0 saturated heterocycles. The van der Waals surface area contributed by atoms with E-state index in [1.54, 1.807) is 18.5 Å². The molecule has 2 aliphatic carbocycles. The second-order valence-corrected chi connectivity index (χ2v) is 19.1. The number of carbonyl (C=O) groups excluding carboxylic acids is 3. The summed E-state index contributed by atoms with van der Waals surface area (Å²) in [5.74, 6) is 0.116. The molecule has 2 aromatic carbocycles. The van der Waals surface area contributed by atoms with Crippen molar-refractivity contribution in [1.82, 2.24) is 30.2 Å². The fourth-order valence-electron chi connectivity index (χ4n) is 6.79. The van der Waals surface area contributed by atoms with Crippen LogP contribution < -0.4 is 16.4 Å². The summed E-state index contributed by atoms with van der Waals surface area (Å²) in [6.07, 6.45) is 4.40. The number of nitrogens with one attached hydrogen (secondary N) is 2. The second-order valence-electron chi connectivity index (χ2n) is 19.1. The predicted molar refractivity (Wildman–Crippen MR) is 257 cm³/mol. The Labute approximate surface area is 400 Å². The molecule has 0 unspecified atom stereocenters. The number of carboxylic acids is 1. The Kier molecular flexibility index (Phi) is 16.9. The summed E-state index contributed by atoms with van der Waals surface area (Å²) >= 11 is 0. The quantitative estimate of drug-likeness (QED) is 0.0836. The fourth-order valence-corrected chi connectivity index (χ4v) is 6.79. The number of halogens is 2. The first-order chi connectivity index (χ1) is 31.6. The third-order valence-electron chi connectivity index (χ3n) is 11.3. The lowest BCUT2D eigenvalue weighted by Gasteiger charge is -2.10. The number of alkyl halides is 1. The molecular formula is C50H59ClFN9O7. The zero-order valence-corrected chi connectivity index (χ0v) is 40.5. The zero-order chi connectivity index (χ0) is 48.8. The number of nitrogens with two attached hydrogens (primary N) is 1. The van der Waals surface area contributed by atoms with E-state index in [2.05, 4.69) is 72.9 Å². The fraction of sp³-hybridized carbons (Fsp3) is 0.400. The Morgan fingerprint density at radius 1 is 0.706 bits per heavy atom. The minimum Gasteiger partial charge on any atom is -0.475 e. The number of rotatable bonds is 12. The van der Waals surface area contributed by atoms with Gasteiger partial charge in [0.15, 0.2) is 0 Å². The molecule has 2 fully saturated rings. The molecule has 8 rings (SSSR count). The van der Waals surface area contributed by atoms with Crippen LogP contribution in [0.3, 0.4) is 0 Å². The zero-order valence-electron chi connectivity index (χ0n) is 39.7. The first-order valence-corrected chi connectivity index (χ1v) is 22.1. The molecule has 18 heteroatoms. The number of anilines is 2. The third kappa shape index (κ3) is 13.9. The van der Waals surface area contributed by atoms with Gasteiger partial charge < -0.3 is 30.5 Å². The van der Waals surface area contributed by atoms with Gasteiger partial charge in [-0.25, -0.2) is 19.2 Å². The molecule has 0 radical (unpaired) electrons. The van der Waals surface area contributed by atoms with Gasteiger partial charge in [0.2, 0.25) is 35.2 Å². The summed E-state index contributed by atoms with van der Waals surface area (Å²) in [7, 11) is 0. The number of ketones is 1. The minimum atomic E-state index is -1.17. The highest BCUT2D eigenvalue weighted by atomic mass is 35.5. The monoisotopic (exact) mass is 951 g/mol. The van der Waals surface area contributed by atoms with Gasteiger partial charge >= 0.3 is 5.97 Å². The maximum atomic E-state index is 13.1. The minimum absolute atomic E-state index is 0. The second kappa shape index (κ2) is 21.9. The molecule has 360 valence electrons. The number of Topliss-reactive ketones (excluding diaryl/α,β-unsaturated/α-hetero) is 1. The average molecular weight is 953 g/mol. The summed E-state index contributed by atoms with van der Waals surface area (Å²) < 4.78 is 23.1. The van der Waals surface area contributed by atoms with E-state index in [4.69, 9.17) is 19.9 Å². The number of aromatic carboxylic acids is 1. The molecule has 0 bridgehead atoms. The Morgan fingerprint density at radius 2 is 1.15 bits per heavy atom. The van der Waals surface area contributed by atoms with E-state index >= 15 is 0 Å². The van der Waals surface area contributed by atoms with Crippen LogP contribution in [-0.4, -0.2) is 65.1 Å². The van der Waals surface area contributed by atoms with Crippen molar-refractivity contribution in [2.24, 2.45) is 23.5 Å². The number of hydrogen-bond donors (Lipinski definition) is 4. The molecule has 2 amide bonds. The molecule has 68 heavy (non-hydrogen) atoms. The highest BCUT2D eigenvalue weighted by Gasteiger charge is 2.44. The van der Waals surface area contributed by atoms with Crippen LogP contribution in [0.15, 0.2) is 82.1 Å². The predicted octanol–water partition coefficient (Wildman–Crippen LogP) is 9.45. The third-order valence-corrected chi connectivity index (χ3v) is 11.3. The number of aromatic nitrogens is 6. The van der Waals surface area contributed by atoms with Gasteiger partial charge in [0.05, 0.1) is 5.92 Å². The van der Waals surface area contributed by atoms with Crippen LogP contribution in [0.4, 0.5) is 16.0 Å². The van der Waals surface area contributed by atoms with E-state index in [9.17, 15) is 23.6 Å². The highest BCUT2D eigenvalue weighted by molar-refractivity contribution is 5.95. The Bertz CT molecular complexity index is 2760. The van der Waals surface area contributed by atoms with E-state index in [1.165, 1.54) is 5.56 Å². The average Bonchev–Trinajstić information content (AvgIpc) is 4.00. The van der Waals surface area contributed by atoms with Crippen molar-refractivity contribution in [2.45, 2.75) is 112 Å². The number of aryl methyl sites for hydroxylation is 3. The summed E-state index contributed by atoms with van der Waals surface area (Å²) in [5, 5.41) is 21.2. The van der Waals surface area contributed by atoms with Gasteiger partial charge in [0, 0.05) is 42.1 Å². The maximum Gasteiger partial charge on any atom is 0.377 e. The summed E-state index contributed by atoms with van der Waals surface area (Å²) in [6.45, 7) is 18.1. The topological polar surface area (TPSA) is 242 Å². The number of benzene rings is 2. The smallest absolute Gasteiger partial charge is 0.377 e. The summed E-state index contributed by atoms with van der Waals surface area (Å²) in [4.78, 5) is 63.2. The Balaban J connectivity index is 0.000000212. The molecule has 2 aliphatic rings. The van der Waals surface area contributed by atoms with Crippen molar-refractivity contribution < 1.29 is 37.7 Å². The van der Waals surface area contributed by atoms with Gasteiger partial charge in [-0.2, -0.15) is 9.97 Å². The Hall–Kier alpha value is -6.72. The van der Waals surface area contributed by atoms with E-state index in [0.29, 0.717) is 42.3 Å². The molecule has 5 N–H and O–H groups in total. The van der Waals surface area contributed by atoms with Gasteiger partial charge in [0.1, 0.15) is 17.8 Å². The largest absolute Gasteiger partial charge is 0.475 e. The molecule has 4 atom stereocenters. The maximum absolute atomic E-state index is 13.1. The van der Waals surface area contributed by atoms with Crippen LogP contribution in [0.25, 0.3) is 22.3 Å². The number of nitrogens with zero attached hydrogens (tertiary/aromatic N) is 6. The van der Waals surface area contributed by atoms with E-state index in [0.717, 1.165) is 45.4 Å². The number of amides is 2. The first-order valence-electron chi connectivity index (χ1n) is 22.1. The normalized spacial score (nSPS) is 17.0. The van der Waals surface area contributed by atoms with Gasteiger partial charge in [-0.05, 0) is 113 Å². The number of carboxylic acid groups (broad SMARTS) is 1. The van der Waals surface area contributed by atoms with Crippen molar-refractivity contribution in [1.29, 1.82) is 0 Å². The molecule has 0 spiro atoms. The van der Waals surface area contributed by atoms with Crippen LogP contribution in [-0.2, 0) is 33.4 Å². The molecule has 0 aliphatic heterocycles. The summed E-state index contributed by atoms with van der Waals surface area (Å²) in [5.41, 5.74) is 13.5. The van der Waals surface area contributed by atoms with Crippen LogP contribution >= 0.6 is 12.4 Å². The van der Waals surface area contributed by atoms with Crippen molar-refractivity contribution in [3.05, 3.63) is 119 Å². The molecule has 4 aromatic heterocycles. The molecule has 16 nitrogen and oxygen atoms in total. The number of pyridine rings is 2. The van der Waals surface area contributed by atoms with Gasteiger partial charge in [-0.15, -0.1) is 12.4 Å². The van der Waals surface area contributed by atoms with Crippen LogP contribution in [0, 0.1) is 31.6 Å². The molecule has 6 aromatic rings. The van der Waals surface area contributed by atoms with E-state index in [1.807, 2.05) is 84.9 Å². The Morgan fingerprint density at radius 3 is 1.54 bits per heavy atom. The van der Waals surface area contributed by atoms with Crippen molar-refractivity contribution in [3.8, 4) is 22.3 Å². The van der Waals surface area contributed by atoms with E-state index < -0.39 is 18.1 Å². The molecule has 2 saturated carbocycles.